The number of hydrogen-bond acceptors (Lipinski definition) is 0. The summed E-state index contributed by atoms with van der Waals surface area (Å²) in [6, 6.07) is 0. The van der Waals surface area contributed by atoms with E-state index in [0.717, 1.165) is 0 Å². The Bertz CT molecular complexity index is 153. The van der Waals surface area contributed by atoms with E-state index in [1.54, 1.807) is 0 Å². The molecule has 0 aliphatic rings. The Morgan fingerprint density at radius 2 is 1.50 bits per heavy atom. The minimum Gasteiger partial charge on any atom is -0.0942 e. The van der Waals surface area contributed by atoms with E-state index in [1.165, 1.54) is 0 Å². The normalized spacial score (nSPS) is 20.6. The van der Waals surface area contributed by atoms with E-state index < -0.39 is 15.6 Å². The highest BCUT2D eigenvalue weighted by Crippen LogP contribution is 2.98. The molecule has 0 heterocycles. The summed E-state index contributed by atoms with van der Waals surface area (Å²) in [4.78, 5) is 0. The Morgan fingerprint density at radius 3 is 1.60 bits per heavy atom. The van der Waals surface area contributed by atoms with Crippen LogP contribution in [0.3, 0.4) is 0 Å². The summed E-state index contributed by atoms with van der Waals surface area (Å²) in [5.74, 6) is 0. The van der Waals surface area contributed by atoms with E-state index in [-0.39, 0.29) is 5.33 Å². The molecule has 0 N–H and O–H groups in total. The van der Waals surface area contributed by atoms with Crippen molar-refractivity contribution in [2.45, 2.75) is 0 Å². The van der Waals surface area contributed by atoms with Crippen LogP contribution in [0.25, 0.3) is 0 Å². The molecule has 0 aliphatic carbocycles. The minimum absolute atomic E-state index is 0.238. The van der Waals surface area contributed by atoms with Gasteiger partial charge in [-0.2, -0.15) is 0 Å². The fourth-order valence-corrected chi connectivity index (χ4v) is 1.11. The Morgan fingerprint density at radius 1 is 1.10 bits per heavy atom. The van der Waals surface area contributed by atoms with Gasteiger partial charge in [0, 0.05) is 5.33 Å². The Labute approximate surface area is 62.9 Å². The molecule has 0 amide bonds. The summed E-state index contributed by atoms with van der Waals surface area (Å²) in [7, 11) is -9.27. The molecule has 0 aromatic carbocycles. The molecule has 0 unspecified atom stereocenters. The molecule has 10 heavy (non-hydrogen) atoms. The van der Waals surface area contributed by atoms with Crippen LogP contribution in [0.2, 0.25) is 0 Å². The molecule has 0 spiro atoms. The van der Waals surface area contributed by atoms with E-state index in [0.29, 0.717) is 6.08 Å². The van der Waals surface area contributed by atoms with Crippen LogP contribution in [0.15, 0.2) is 11.5 Å². The lowest BCUT2D eigenvalue weighted by molar-refractivity contribution is 0.384. The van der Waals surface area contributed by atoms with Crippen molar-refractivity contribution in [3.05, 3.63) is 11.5 Å². The van der Waals surface area contributed by atoms with Gasteiger partial charge in [-0.3, -0.25) is 0 Å². The van der Waals surface area contributed by atoms with Crippen molar-refractivity contribution in [1.82, 2.24) is 0 Å². The fraction of sp³-hybridized carbons (Fsp3) is 0.333. The maximum atomic E-state index is 11.3. The van der Waals surface area contributed by atoms with Crippen molar-refractivity contribution in [3.8, 4) is 0 Å². The van der Waals surface area contributed by atoms with Crippen molar-refractivity contribution >= 4 is 26.2 Å². The van der Waals surface area contributed by atoms with Crippen LogP contribution in [0.4, 0.5) is 19.4 Å². The monoisotopic (exact) mass is 246 g/mol. The average Bonchev–Trinajstić information content (AvgIpc) is 1.55. The van der Waals surface area contributed by atoms with Crippen LogP contribution in [0.5, 0.6) is 0 Å². The van der Waals surface area contributed by atoms with E-state index in [9.17, 15) is 19.4 Å². The van der Waals surface area contributed by atoms with E-state index in [4.69, 9.17) is 0 Å². The second-order valence-electron chi connectivity index (χ2n) is 1.55. The second-order valence-corrected chi connectivity index (χ2v) is 4.53. The van der Waals surface area contributed by atoms with Crippen LogP contribution < -0.4 is 0 Å². The molecule has 0 nitrogen and oxygen atoms in total. The summed E-state index contributed by atoms with van der Waals surface area (Å²) < 4.78 is 56.5. The van der Waals surface area contributed by atoms with Gasteiger partial charge in [-0.1, -0.05) is 41.4 Å². The third kappa shape index (κ3) is 8.22. The number of rotatable bonds is 2. The van der Waals surface area contributed by atoms with Gasteiger partial charge >= 0.3 is 10.2 Å². The van der Waals surface area contributed by atoms with Crippen molar-refractivity contribution in [3.63, 3.8) is 0 Å². The van der Waals surface area contributed by atoms with Crippen molar-refractivity contribution < 1.29 is 19.4 Å². The van der Waals surface area contributed by atoms with Gasteiger partial charge in [-0.05, 0) is 0 Å². The molecule has 64 valence electrons. The molecule has 0 radical (unpaired) electrons. The van der Waals surface area contributed by atoms with E-state index in [2.05, 4.69) is 15.9 Å². The van der Waals surface area contributed by atoms with Crippen molar-refractivity contribution in [2.24, 2.45) is 0 Å². The molecule has 0 rings (SSSR count). The summed E-state index contributed by atoms with van der Waals surface area (Å²) in [6.45, 7) is 0. The Hall–Kier alpha value is 0.220. The van der Waals surface area contributed by atoms with Gasteiger partial charge in [0.25, 0.3) is 0 Å². The van der Waals surface area contributed by atoms with Gasteiger partial charge in [0.2, 0.25) is 0 Å². The summed E-state index contributed by atoms with van der Waals surface area (Å²) in [6.07, 6.45) is 0.321. The summed E-state index contributed by atoms with van der Waals surface area (Å²) in [5.41, 5.74) is 0. The smallest absolute Gasteiger partial charge is 0.0942 e. The average molecular weight is 247 g/mol. The highest BCUT2D eigenvalue weighted by Gasteiger charge is 2.60. The highest BCUT2D eigenvalue weighted by molar-refractivity contribution is 9.09. The predicted molar refractivity (Wildman–Crippen MR) is 36.1 cm³/mol. The van der Waals surface area contributed by atoms with Crippen LogP contribution in [0.1, 0.15) is 0 Å². The topological polar surface area (TPSA) is 0 Å². The molecule has 0 atom stereocenters. The lowest BCUT2D eigenvalue weighted by Crippen LogP contribution is -1.98. The second kappa shape index (κ2) is 1.88. The first-order valence-corrected chi connectivity index (χ1v) is 5.15. The zero-order chi connectivity index (χ0) is 8.53. The maximum Gasteiger partial charge on any atom is 0.304 e. The zero-order valence-corrected chi connectivity index (χ0v) is 6.94. The Balaban J connectivity index is 4.58. The first-order valence-electron chi connectivity index (χ1n) is 2.02. The fourth-order valence-electron chi connectivity index (χ4n) is 0.218. The van der Waals surface area contributed by atoms with Gasteiger partial charge in [0.1, 0.15) is 0 Å². The molecule has 7 heteroatoms. The summed E-state index contributed by atoms with van der Waals surface area (Å²) in [5, 5.41) is -1.21. The predicted octanol–water partition coefficient (Wildman–Crippen LogP) is 4.19. The third-order valence-electron chi connectivity index (χ3n) is 0.442. The van der Waals surface area contributed by atoms with Gasteiger partial charge < -0.3 is 0 Å². The largest absolute Gasteiger partial charge is 0.304 e. The highest BCUT2D eigenvalue weighted by atomic mass is 79.9. The van der Waals surface area contributed by atoms with E-state index >= 15 is 0 Å². The van der Waals surface area contributed by atoms with E-state index in [1.807, 2.05) is 0 Å². The SMILES string of the molecule is FS(F)(F)(F)(F)C=CCBr. The number of hydrogen-bond donors (Lipinski definition) is 0. The number of allylic oxidation sites excluding steroid dienone is 1. The lowest BCUT2D eigenvalue weighted by atomic mass is 10.8. The van der Waals surface area contributed by atoms with Gasteiger partial charge in [0.05, 0.1) is 5.41 Å². The Kier molecular flexibility index (Phi) is 1.92. The van der Waals surface area contributed by atoms with Gasteiger partial charge in [0.15, 0.2) is 0 Å². The minimum atomic E-state index is -9.27. The standard InChI is InChI=1S/C3H4BrF5S/c4-2-1-3-10(5,6,7,8)9/h1,3H,2H2. The van der Waals surface area contributed by atoms with Crippen LogP contribution in [-0.2, 0) is 0 Å². The van der Waals surface area contributed by atoms with Crippen molar-refractivity contribution in [1.29, 1.82) is 0 Å². The van der Waals surface area contributed by atoms with Crippen LogP contribution in [-0.4, -0.2) is 5.33 Å². The maximum absolute atomic E-state index is 11.3. The first-order chi connectivity index (χ1) is 4.04. The molecular formula is C3H4BrF5S. The first kappa shape index (κ1) is 10.2. The molecule has 0 aromatic heterocycles. The molecule has 0 saturated heterocycles. The number of halogens is 6. The quantitative estimate of drug-likeness (QED) is 0.506. The molecule has 0 fully saturated rings. The third-order valence-corrected chi connectivity index (χ3v) is 1.52. The van der Waals surface area contributed by atoms with Crippen LogP contribution in [0, 0.1) is 0 Å². The van der Waals surface area contributed by atoms with Gasteiger partial charge in [-0.25, -0.2) is 0 Å². The molecule has 0 aromatic rings. The summed E-state index contributed by atoms with van der Waals surface area (Å²) >= 11 is 2.55. The van der Waals surface area contributed by atoms with Crippen molar-refractivity contribution in [2.75, 3.05) is 5.33 Å². The zero-order valence-electron chi connectivity index (χ0n) is 4.54. The number of alkyl halides is 1. The molecule has 0 aliphatic heterocycles. The molecule has 0 bridgehead atoms. The lowest BCUT2D eigenvalue weighted by Gasteiger charge is -2.36. The molecular weight excluding hydrogens is 243 g/mol. The van der Waals surface area contributed by atoms with Crippen LogP contribution >= 0.6 is 26.2 Å². The van der Waals surface area contributed by atoms with Gasteiger partial charge in [-0.15, -0.1) is 0 Å². The molecule has 0 saturated carbocycles.